The molecule has 0 saturated heterocycles. The smallest absolute Gasteiger partial charge is 0.224 e. The lowest BCUT2D eigenvalue weighted by molar-refractivity contribution is 0.561. The van der Waals surface area contributed by atoms with Crippen molar-refractivity contribution in [3.63, 3.8) is 0 Å². The van der Waals surface area contributed by atoms with Gasteiger partial charge in [0.1, 0.15) is 0 Å². The number of aromatic nitrogens is 4. The summed E-state index contributed by atoms with van der Waals surface area (Å²) in [5, 5.41) is 11.4. The number of nitrogens with zero attached hydrogens (tertiary/aromatic N) is 4. The molecule has 0 atom stereocenters. The van der Waals surface area contributed by atoms with Crippen LogP contribution in [0.1, 0.15) is 19.5 Å². The Morgan fingerprint density at radius 3 is 2.75 bits per heavy atom. The second kappa shape index (κ2) is 4.34. The van der Waals surface area contributed by atoms with Gasteiger partial charge in [0.2, 0.25) is 11.8 Å². The fourth-order valence-corrected chi connectivity index (χ4v) is 1.58. The maximum Gasteiger partial charge on any atom is 0.224 e. The quantitative estimate of drug-likeness (QED) is 0.850. The van der Waals surface area contributed by atoms with Gasteiger partial charge in [-0.2, -0.15) is 0 Å². The molecule has 0 radical (unpaired) electrons. The lowest BCUT2D eigenvalue weighted by Gasteiger charge is -2.06. The Hall–Kier alpha value is -1.85. The summed E-state index contributed by atoms with van der Waals surface area (Å²) in [5.41, 5.74) is 0.824. The monoisotopic (exact) mass is 221 g/mol. The molecule has 0 spiro atoms. The maximum absolute atomic E-state index is 5.32. The van der Waals surface area contributed by atoms with E-state index in [1.54, 1.807) is 0 Å². The number of hydrogen-bond acceptors (Lipinski definition) is 5. The van der Waals surface area contributed by atoms with Gasteiger partial charge in [0, 0.05) is 13.1 Å². The second-order valence-electron chi connectivity index (χ2n) is 3.39. The average molecular weight is 221 g/mol. The minimum absolute atomic E-state index is 0.679. The molecule has 0 aliphatic rings. The minimum atomic E-state index is 0.679. The highest BCUT2D eigenvalue weighted by molar-refractivity contribution is 5.52. The largest absolute Gasteiger partial charge is 0.440 e. The summed E-state index contributed by atoms with van der Waals surface area (Å²) in [4.78, 5) is 4.06. The first-order valence-electron chi connectivity index (χ1n) is 5.35. The van der Waals surface area contributed by atoms with Gasteiger partial charge < -0.3 is 9.73 Å². The van der Waals surface area contributed by atoms with E-state index in [1.807, 2.05) is 25.3 Å². The van der Waals surface area contributed by atoms with E-state index in [4.69, 9.17) is 4.42 Å². The van der Waals surface area contributed by atoms with E-state index in [9.17, 15) is 0 Å². The highest BCUT2D eigenvalue weighted by Gasteiger charge is 2.17. The van der Waals surface area contributed by atoms with Crippen molar-refractivity contribution < 1.29 is 4.42 Å². The van der Waals surface area contributed by atoms with Crippen molar-refractivity contribution >= 4 is 5.95 Å². The predicted octanol–water partition coefficient (Wildman–Crippen LogP) is 1.69. The van der Waals surface area contributed by atoms with Gasteiger partial charge in [0.05, 0.1) is 5.69 Å². The molecule has 16 heavy (non-hydrogen) atoms. The number of aryl methyl sites for hydroxylation is 1. The molecule has 2 aromatic heterocycles. The lowest BCUT2D eigenvalue weighted by Crippen LogP contribution is -2.06. The van der Waals surface area contributed by atoms with E-state index in [-0.39, 0.29) is 0 Å². The molecule has 2 rings (SSSR count). The van der Waals surface area contributed by atoms with Crippen LogP contribution < -0.4 is 5.32 Å². The molecular weight excluding hydrogens is 206 g/mol. The predicted molar refractivity (Wildman–Crippen MR) is 60.1 cm³/mol. The summed E-state index contributed by atoms with van der Waals surface area (Å²) in [7, 11) is 0. The fraction of sp³-hybridized carbons (Fsp3) is 0.500. The normalized spacial score (nSPS) is 10.7. The van der Waals surface area contributed by atoms with Crippen molar-refractivity contribution in [2.75, 3.05) is 11.9 Å². The zero-order chi connectivity index (χ0) is 11.5. The van der Waals surface area contributed by atoms with Gasteiger partial charge in [-0.1, -0.05) is 0 Å². The van der Waals surface area contributed by atoms with Gasteiger partial charge in [0.15, 0.2) is 12.2 Å². The highest BCUT2D eigenvalue weighted by Crippen LogP contribution is 2.22. The summed E-state index contributed by atoms with van der Waals surface area (Å²) in [5.74, 6) is 2.16. The zero-order valence-electron chi connectivity index (χ0n) is 9.69. The van der Waals surface area contributed by atoms with E-state index >= 15 is 0 Å². The molecule has 86 valence electrons. The molecule has 2 heterocycles. The molecular formula is C10H15N5O. The molecule has 0 saturated carbocycles. The van der Waals surface area contributed by atoms with Crippen LogP contribution >= 0.6 is 0 Å². The van der Waals surface area contributed by atoms with Gasteiger partial charge >= 0.3 is 0 Å². The highest BCUT2D eigenvalue weighted by atomic mass is 16.3. The minimum Gasteiger partial charge on any atom is -0.440 e. The number of rotatable bonds is 4. The number of hydrogen-bond donors (Lipinski definition) is 1. The van der Waals surface area contributed by atoms with Crippen LogP contribution in [0.4, 0.5) is 5.95 Å². The first-order valence-corrected chi connectivity index (χ1v) is 5.35. The van der Waals surface area contributed by atoms with Crippen LogP contribution in [0.15, 0.2) is 10.8 Å². The van der Waals surface area contributed by atoms with Crippen molar-refractivity contribution in [3.05, 3.63) is 12.1 Å². The molecule has 1 N–H and O–H groups in total. The van der Waals surface area contributed by atoms with Gasteiger partial charge in [-0.3, -0.25) is 4.57 Å². The van der Waals surface area contributed by atoms with Gasteiger partial charge in [-0.05, 0) is 20.8 Å². The van der Waals surface area contributed by atoms with Crippen molar-refractivity contribution in [1.29, 1.82) is 0 Å². The molecule has 6 nitrogen and oxygen atoms in total. The Bertz CT molecular complexity index is 473. The molecule has 0 fully saturated rings. The second-order valence-corrected chi connectivity index (χ2v) is 3.39. The van der Waals surface area contributed by atoms with Crippen molar-refractivity contribution in [1.82, 2.24) is 19.7 Å². The molecule has 0 aromatic carbocycles. The molecule has 2 aromatic rings. The van der Waals surface area contributed by atoms with E-state index in [0.717, 1.165) is 24.7 Å². The van der Waals surface area contributed by atoms with Crippen LogP contribution in [0.3, 0.4) is 0 Å². The molecule has 0 aliphatic heterocycles. The summed E-state index contributed by atoms with van der Waals surface area (Å²) < 4.78 is 7.29. The number of anilines is 1. The summed E-state index contributed by atoms with van der Waals surface area (Å²) in [6, 6.07) is 0. The SMILES string of the molecule is CCNc1nnc(-c2ocnc2C)n1CC. The van der Waals surface area contributed by atoms with Crippen LogP contribution in [0.2, 0.25) is 0 Å². The van der Waals surface area contributed by atoms with E-state index in [1.165, 1.54) is 6.39 Å². The van der Waals surface area contributed by atoms with Crippen LogP contribution in [0.5, 0.6) is 0 Å². The van der Waals surface area contributed by atoms with Crippen LogP contribution in [-0.2, 0) is 6.54 Å². The Morgan fingerprint density at radius 2 is 2.19 bits per heavy atom. The molecule has 0 unspecified atom stereocenters. The van der Waals surface area contributed by atoms with Crippen LogP contribution in [0, 0.1) is 6.92 Å². The molecule has 0 aliphatic carbocycles. The Morgan fingerprint density at radius 1 is 1.38 bits per heavy atom. The third-order valence-corrected chi connectivity index (χ3v) is 2.35. The topological polar surface area (TPSA) is 68.8 Å². The van der Waals surface area contributed by atoms with Gasteiger partial charge in [0.25, 0.3) is 0 Å². The number of oxazole rings is 1. The van der Waals surface area contributed by atoms with E-state index in [0.29, 0.717) is 11.6 Å². The van der Waals surface area contributed by atoms with Crippen molar-refractivity contribution in [2.24, 2.45) is 0 Å². The lowest BCUT2D eigenvalue weighted by atomic mass is 10.3. The van der Waals surface area contributed by atoms with Crippen LogP contribution in [-0.4, -0.2) is 26.3 Å². The fourth-order valence-electron chi connectivity index (χ4n) is 1.58. The first kappa shape index (κ1) is 10.7. The van der Waals surface area contributed by atoms with Crippen LogP contribution in [0.25, 0.3) is 11.6 Å². The third kappa shape index (κ3) is 1.66. The van der Waals surface area contributed by atoms with E-state index in [2.05, 4.69) is 20.5 Å². The van der Waals surface area contributed by atoms with E-state index < -0.39 is 0 Å². The van der Waals surface area contributed by atoms with Gasteiger partial charge in [-0.15, -0.1) is 10.2 Å². The third-order valence-electron chi connectivity index (χ3n) is 2.35. The summed E-state index contributed by atoms with van der Waals surface area (Å²) in [6.45, 7) is 7.55. The van der Waals surface area contributed by atoms with Crippen molar-refractivity contribution in [3.8, 4) is 11.6 Å². The molecule has 0 bridgehead atoms. The average Bonchev–Trinajstić information content (AvgIpc) is 2.84. The Kier molecular flexibility index (Phi) is 2.89. The standard InChI is InChI=1S/C10H15N5O/c1-4-11-10-14-13-9(15(10)5-2)8-7(3)12-6-16-8/h6H,4-5H2,1-3H3,(H,11,14). The first-order chi connectivity index (χ1) is 7.77. The van der Waals surface area contributed by atoms with Crippen molar-refractivity contribution in [2.45, 2.75) is 27.3 Å². The summed E-state index contributed by atoms with van der Waals surface area (Å²) >= 11 is 0. The molecule has 0 amide bonds. The maximum atomic E-state index is 5.32. The summed E-state index contributed by atoms with van der Waals surface area (Å²) in [6.07, 6.45) is 1.42. The van der Waals surface area contributed by atoms with Gasteiger partial charge in [-0.25, -0.2) is 4.98 Å². The Balaban J connectivity index is 2.46. The molecule has 6 heteroatoms. The number of nitrogens with one attached hydrogen (secondary N) is 1. The Labute approximate surface area is 93.7 Å². The zero-order valence-corrected chi connectivity index (χ0v) is 9.69.